The summed E-state index contributed by atoms with van der Waals surface area (Å²) in [6, 6.07) is 4.39. The number of aromatic amines is 1. The predicted molar refractivity (Wildman–Crippen MR) is 88.7 cm³/mol. The topological polar surface area (TPSA) is 31.9 Å². The van der Waals surface area contributed by atoms with Crippen LogP contribution in [0.2, 0.25) is 0 Å². The summed E-state index contributed by atoms with van der Waals surface area (Å²) in [5, 5.41) is 9.77. The molecule has 1 fully saturated rings. The van der Waals surface area contributed by atoms with Crippen LogP contribution in [0.25, 0.3) is 0 Å². The van der Waals surface area contributed by atoms with E-state index in [9.17, 15) is 0 Å². The number of hydrogen-bond donors (Lipinski definition) is 1. The van der Waals surface area contributed by atoms with Crippen LogP contribution in [0.5, 0.6) is 0 Å². The van der Waals surface area contributed by atoms with E-state index >= 15 is 0 Å². The fraction of sp³-hybridized carbons (Fsp3) is 0.588. The second-order valence-corrected chi connectivity index (χ2v) is 7.59. The van der Waals surface area contributed by atoms with Crippen LogP contribution in [0.1, 0.15) is 48.7 Å². The molecule has 2 aromatic heterocycles. The summed E-state index contributed by atoms with van der Waals surface area (Å²) >= 11 is 1.87. The predicted octanol–water partition coefficient (Wildman–Crippen LogP) is 4.05. The average Bonchev–Trinajstić information content (AvgIpc) is 3.10. The molecule has 0 amide bonds. The summed E-state index contributed by atoms with van der Waals surface area (Å²) in [5.74, 6) is 1.31. The van der Waals surface area contributed by atoms with Gasteiger partial charge in [0.05, 0.1) is 6.20 Å². The number of thiophene rings is 1. The Morgan fingerprint density at radius 2 is 2.38 bits per heavy atom. The highest BCUT2D eigenvalue weighted by Gasteiger charge is 2.24. The zero-order chi connectivity index (χ0) is 14.7. The summed E-state index contributed by atoms with van der Waals surface area (Å²) < 4.78 is 0. The van der Waals surface area contributed by atoms with Gasteiger partial charge in [0.1, 0.15) is 0 Å². The summed E-state index contributed by atoms with van der Waals surface area (Å²) in [6.45, 7) is 8.04. The van der Waals surface area contributed by atoms with Crippen LogP contribution in [0.15, 0.2) is 23.7 Å². The third-order valence-electron chi connectivity index (χ3n) is 4.25. The van der Waals surface area contributed by atoms with E-state index in [0.29, 0.717) is 11.8 Å². The van der Waals surface area contributed by atoms with Crippen LogP contribution in [0.3, 0.4) is 0 Å². The summed E-state index contributed by atoms with van der Waals surface area (Å²) in [4.78, 5) is 4.07. The van der Waals surface area contributed by atoms with E-state index in [1.807, 2.05) is 17.5 Å². The summed E-state index contributed by atoms with van der Waals surface area (Å²) in [7, 11) is 0. The van der Waals surface area contributed by atoms with Crippen molar-refractivity contribution in [1.82, 2.24) is 15.1 Å². The molecule has 4 heteroatoms. The molecule has 21 heavy (non-hydrogen) atoms. The lowest BCUT2D eigenvalue weighted by Gasteiger charge is -2.32. The van der Waals surface area contributed by atoms with Crippen LogP contribution in [-0.4, -0.2) is 28.2 Å². The Morgan fingerprint density at radius 1 is 1.48 bits per heavy atom. The maximum absolute atomic E-state index is 4.31. The standard InChI is InChI=1S/C17H25N3S/c1-13(2)9-15-10-18-19-17(15)14-5-3-7-20(11-14)12-16-6-4-8-21-16/h4,6,8,10,13-14H,3,5,7,9,11-12H2,1-2H3,(H,18,19). The number of hydrogen-bond acceptors (Lipinski definition) is 3. The zero-order valence-electron chi connectivity index (χ0n) is 13.0. The van der Waals surface area contributed by atoms with Crippen molar-refractivity contribution in [1.29, 1.82) is 0 Å². The lowest BCUT2D eigenvalue weighted by Crippen LogP contribution is -2.34. The zero-order valence-corrected chi connectivity index (χ0v) is 13.8. The Kier molecular flexibility index (Phi) is 4.76. The van der Waals surface area contributed by atoms with E-state index in [2.05, 4.69) is 46.5 Å². The third kappa shape index (κ3) is 3.74. The normalized spacial score (nSPS) is 20.2. The highest BCUT2D eigenvalue weighted by atomic mass is 32.1. The maximum atomic E-state index is 4.31. The van der Waals surface area contributed by atoms with Crippen molar-refractivity contribution in [3.63, 3.8) is 0 Å². The molecule has 1 atom stereocenters. The fourth-order valence-corrected chi connectivity index (χ4v) is 4.08. The van der Waals surface area contributed by atoms with Crippen LogP contribution >= 0.6 is 11.3 Å². The van der Waals surface area contributed by atoms with Gasteiger partial charge in [-0.15, -0.1) is 11.3 Å². The fourth-order valence-electron chi connectivity index (χ4n) is 3.33. The smallest absolute Gasteiger partial charge is 0.0522 e. The molecule has 2 aromatic rings. The molecule has 3 heterocycles. The number of rotatable bonds is 5. The van der Waals surface area contributed by atoms with E-state index in [0.717, 1.165) is 19.5 Å². The van der Waals surface area contributed by atoms with E-state index in [-0.39, 0.29) is 0 Å². The molecule has 0 aliphatic carbocycles. The molecule has 0 aromatic carbocycles. The molecular formula is C17H25N3S. The highest BCUT2D eigenvalue weighted by molar-refractivity contribution is 7.09. The number of nitrogens with one attached hydrogen (secondary N) is 1. The van der Waals surface area contributed by atoms with Gasteiger partial charge in [0.2, 0.25) is 0 Å². The van der Waals surface area contributed by atoms with Crippen LogP contribution in [0, 0.1) is 5.92 Å². The van der Waals surface area contributed by atoms with E-state index in [1.54, 1.807) is 0 Å². The number of aromatic nitrogens is 2. The Morgan fingerprint density at radius 3 is 3.14 bits per heavy atom. The molecule has 1 unspecified atom stereocenters. The number of nitrogens with zero attached hydrogens (tertiary/aromatic N) is 2. The van der Waals surface area contributed by atoms with Crippen molar-refractivity contribution >= 4 is 11.3 Å². The number of likely N-dealkylation sites (tertiary alicyclic amines) is 1. The van der Waals surface area contributed by atoms with Gasteiger partial charge in [-0.05, 0) is 48.7 Å². The first kappa shape index (κ1) is 14.8. The van der Waals surface area contributed by atoms with Crippen LogP contribution in [-0.2, 0) is 13.0 Å². The number of H-pyrrole nitrogens is 1. The average molecular weight is 303 g/mol. The Bertz CT molecular complexity index is 544. The maximum Gasteiger partial charge on any atom is 0.0522 e. The Labute approximate surface area is 131 Å². The van der Waals surface area contributed by atoms with Crippen molar-refractivity contribution in [3.05, 3.63) is 39.8 Å². The van der Waals surface area contributed by atoms with Gasteiger partial charge < -0.3 is 0 Å². The van der Waals surface area contributed by atoms with Gasteiger partial charge in [0.25, 0.3) is 0 Å². The SMILES string of the molecule is CC(C)Cc1cn[nH]c1C1CCCN(Cc2cccs2)C1. The van der Waals surface area contributed by atoms with Gasteiger partial charge in [-0.3, -0.25) is 10.00 Å². The monoisotopic (exact) mass is 303 g/mol. The molecule has 3 nitrogen and oxygen atoms in total. The minimum absolute atomic E-state index is 0.620. The largest absolute Gasteiger partial charge is 0.298 e. The molecular weight excluding hydrogens is 278 g/mol. The van der Waals surface area contributed by atoms with Crippen LogP contribution in [0.4, 0.5) is 0 Å². The molecule has 0 spiro atoms. The van der Waals surface area contributed by atoms with E-state index in [1.165, 1.54) is 35.5 Å². The van der Waals surface area contributed by atoms with Crippen LogP contribution < -0.4 is 0 Å². The number of piperidine rings is 1. The molecule has 0 bridgehead atoms. The first-order valence-corrected chi connectivity index (χ1v) is 8.87. The molecule has 3 rings (SSSR count). The molecule has 1 N–H and O–H groups in total. The Hall–Kier alpha value is -1.13. The third-order valence-corrected chi connectivity index (χ3v) is 5.11. The lowest BCUT2D eigenvalue weighted by molar-refractivity contribution is 0.199. The minimum Gasteiger partial charge on any atom is -0.298 e. The summed E-state index contributed by atoms with van der Waals surface area (Å²) in [6.07, 6.45) is 5.74. The highest BCUT2D eigenvalue weighted by Crippen LogP contribution is 2.30. The van der Waals surface area contributed by atoms with E-state index in [4.69, 9.17) is 0 Å². The minimum atomic E-state index is 0.620. The van der Waals surface area contributed by atoms with Crippen molar-refractivity contribution in [3.8, 4) is 0 Å². The van der Waals surface area contributed by atoms with Gasteiger partial charge >= 0.3 is 0 Å². The molecule has 1 saturated heterocycles. The van der Waals surface area contributed by atoms with E-state index < -0.39 is 0 Å². The van der Waals surface area contributed by atoms with Crippen molar-refractivity contribution < 1.29 is 0 Å². The molecule has 1 aliphatic heterocycles. The molecule has 0 radical (unpaired) electrons. The van der Waals surface area contributed by atoms with Crippen molar-refractivity contribution in [2.45, 2.75) is 45.6 Å². The van der Waals surface area contributed by atoms with Crippen molar-refractivity contribution in [2.75, 3.05) is 13.1 Å². The second-order valence-electron chi connectivity index (χ2n) is 6.56. The van der Waals surface area contributed by atoms with Gasteiger partial charge in [0.15, 0.2) is 0 Å². The lowest BCUT2D eigenvalue weighted by atomic mass is 9.90. The van der Waals surface area contributed by atoms with Crippen molar-refractivity contribution in [2.24, 2.45) is 5.92 Å². The van der Waals surface area contributed by atoms with Gasteiger partial charge in [0, 0.05) is 29.6 Å². The quantitative estimate of drug-likeness (QED) is 0.903. The molecule has 1 aliphatic rings. The summed E-state index contributed by atoms with van der Waals surface area (Å²) in [5.41, 5.74) is 2.81. The first-order valence-electron chi connectivity index (χ1n) is 7.99. The molecule has 0 saturated carbocycles. The second kappa shape index (κ2) is 6.75. The van der Waals surface area contributed by atoms with Gasteiger partial charge in [-0.1, -0.05) is 19.9 Å². The van der Waals surface area contributed by atoms with Gasteiger partial charge in [-0.2, -0.15) is 5.10 Å². The Balaban J connectivity index is 1.67. The van der Waals surface area contributed by atoms with Gasteiger partial charge in [-0.25, -0.2) is 0 Å². The first-order chi connectivity index (χ1) is 10.2. The molecule has 114 valence electrons.